The van der Waals surface area contributed by atoms with Crippen LogP contribution in [0.3, 0.4) is 0 Å². The van der Waals surface area contributed by atoms with Crippen molar-refractivity contribution in [3.05, 3.63) is 65.7 Å². The Bertz CT molecular complexity index is 947. The van der Waals surface area contributed by atoms with Gasteiger partial charge in [0.05, 0.1) is 6.61 Å². The number of unbranched alkanes of at least 4 members (excludes halogenated alkanes) is 1. The lowest BCUT2D eigenvalue weighted by Gasteiger charge is -2.41. The molecule has 0 radical (unpaired) electrons. The summed E-state index contributed by atoms with van der Waals surface area (Å²) < 4.78 is 5.71. The minimum atomic E-state index is 0.111. The monoisotopic (exact) mass is 491 g/mol. The second kappa shape index (κ2) is 13.4. The van der Waals surface area contributed by atoms with Crippen LogP contribution in [0.1, 0.15) is 61.4 Å². The molecule has 0 saturated carbocycles. The van der Waals surface area contributed by atoms with E-state index in [-0.39, 0.29) is 17.7 Å². The van der Waals surface area contributed by atoms with Gasteiger partial charge in [0.1, 0.15) is 5.75 Å². The van der Waals surface area contributed by atoms with Crippen LogP contribution >= 0.6 is 0 Å². The Kier molecular flexibility index (Phi) is 9.79. The minimum Gasteiger partial charge on any atom is -0.494 e. The molecule has 0 atom stereocenters. The maximum Gasteiger partial charge on any atom is 0.253 e. The highest BCUT2D eigenvalue weighted by Gasteiger charge is 2.31. The van der Waals surface area contributed by atoms with E-state index in [1.54, 1.807) is 0 Å². The molecule has 4 rings (SSSR count). The largest absolute Gasteiger partial charge is 0.494 e. The first-order chi connectivity index (χ1) is 17.6. The minimum absolute atomic E-state index is 0.111. The summed E-state index contributed by atoms with van der Waals surface area (Å²) in [5.41, 5.74) is 1.99. The van der Waals surface area contributed by atoms with Crippen molar-refractivity contribution in [1.29, 1.82) is 0 Å². The van der Waals surface area contributed by atoms with Gasteiger partial charge in [-0.2, -0.15) is 0 Å². The van der Waals surface area contributed by atoms with Gasteiger partial charge in [0.25, 0.3) is 5.91 Å². The molecule has 2 aromatic carbocycles. The molecule has 2 aliphatic heterocycles. The van der Waals surface area contributed by atoms with Crippen molar-refractivity contribution in [2.45, 2.75) is 57.9 Å². The molecule has 0 aliphatic carbocycles. The number of benzene rings is 2. The van der Waals surface area contributed by atoms with Gasteiger partial charge in [-0.1, -0.05) is 43.7 Å². The Morgan fingerprint density at radius 3 is 2.28 bits per heavy atom. The van der Waals surface area contributed by atoms with Crippen LogP contribution in [0.2, 0.25) is 0 Å². The van der Waals surface area contributed by atoms with Crippen LogP contribution in [0.25, 0.3) is 0 Å². The molecule has 2 amide bonds. The predicted octanol–water partition coefficient (Wildman–Crippen LogP) is 4.54. The molecule has 6 nitrogen and oxygen atoms in total. The number of nitrogens with zero attached hydrogens (tertiary/aromatic N) is 2. The Hall–Kier alpha value is -2.86. The van der Waals surface area contributed by atoms with Crippen molar-refractivity contribution in [3.63, 3.8) is 0 Å². The third kappa shape index (κ3) is 7.33. The molecule has 2 aromatic rings. The van der Waals surface area contributed by atoms with Crippen molar-refractivity contribution < 1.29 is 14.3 Å². The van der Waals surface area contributed by atoms with Crippen LogP contribution in [-0.2, 0) is 11.2 Å². The molecule has 0 aromatic heterocycles. The highest BCUT2D eigenvalue weighted by molar-refractivity contribution is 5.94. The van der Waals surface area contributed by atoms with E-state index in [1.165, 1.54) is 5.56 Å². The number of nitrogens with one attached hydrogen (secondary N) is 1. The Morgan fingerprint density at radius 1 is 0.917 bits per heavy atom. The van der Waals surface area contributed by atoms with Crippen molar-refractivity contribution in [2.24, 2.45) is 5.92 Å². The number of amides is 2. The normalized spacial score (nSPS) is 17.6. The molecule has 36 heavy (non-hydrogen) atoms. The predicted molar refractivity (Wildman–Crippen MR) is 143 cm³/mol. The van der Waals surface area contributed by atoms with E-state index in [0.29, 0.717) is 19.2 Å². The topological polar surface area (TPSA) is 61.9 Å². The van der Waals surface area contributed by atoms with E-state index in [9.17, 15) is 9.59 Å². The van der Waals surface area contributed by atoms with Gasteiger partial charge in [0, 0.05) is 37.2 Å². The summed E-state index contributed by atoms with van der Waals surface area (Å²) in [6.07, 6.45) is 6.85. The van der Waals surface area contributed by atoms with Gasteiger partial charge in [0.2, 0.25) is 5.91 Å². The summed E-state index contributed by atoms with van der Waals surface area (Å²) in [5, 5.41) is 3.14. The summed E-state index contributed by atoms with van der Waals surface area (Å²) in [7, 11) is 0. The van der Waals surface area contributed by atoms with E-state index in [1.807, 2.05) is 47.4 Å². The average Bonchev–Trinajstić information content (AvgIpc) is 2.94. The number of carbonyl (C=O) groups excluding carboxylic acids is 2. The zero-order chi connectivity index (χ0) is 25.2. The average molecular weight is 492 g/mol. The second-order valence-electron chi connectivity index (χ2n) is 10.1. The van der Waals surface area contributed by atoms with Gasteiger partial charge in [-0.05, 0) is 81.4 Å². The summed E-state index contributed by atoms with van der Waals surface area (Å²) in [6, 6.07) is 18.4. The molecule has 2 heterocycles. The van der Waals surface area contributed by atoms with E-state index in [0.717, 1.165) is 82.4 Å². The van der Waals surface area contributed by atoms with E-state index in [2.05, 4.69) is 29.3 Å². The summed E-state index contributed by atoms with van der Waals surface area (Å²) in [6.45, 7) is 7.07. The van der Waals surface area contributed by atoms with E-state index in [4.69, 9.17) is 4.74 Å². The molecule has 0 bridgehead atoms. The third-order valence-electron chi connectivity index (χ3n) is 7.59. The first kappa shape index (κ1) is 26.2. The summed E-state index contributed by atoms with van der Waals surface area (Å²) in [5.74, 6) is 1.26. The van der Waals surface area contributed by atoms with Crippen LogP contribution in [0.15, 0.2) is 54.6 Å². The Balaban J connectivity index is 1.15. The number of ether oxygens (including phenoxy) is 1. The quantitative estimate of drug-likeness (QED) is 0.496. The number of carbonyl (C=O) groups is 2. The van der Waals surface area contributed by atoms with Crippen LogP contribution < -0.4 is 10.1 Å². The first-order valence-corrected chi connectivity index (χ1v) is 13.7. The maximum absolute atomic E-state index is 13.0. The fourth-order valence-electron chi connectivity index (χ4n) is 5.29. The van der Waals surface area contributed by atoms with Crippen molar-refractivity contribution >= 4 is 11.8 Å². The molecular weight excluding hydrogens is 450 g/mol. The molecule has 2 aliphatic rings. The van der Waals surface area contributed by atoms with Crippen LogP contribution in [-0.4, -0.2) is 67.0 Å². The van der Waals surface area contributed by atoms with E-state index < -0.39 is 0 Å². The van der Waals surface area contributed by atoms with E-state index >= 15 is 0 Å². The Labute approximate surface area is 216 Å². The van der Waals surface area contributed by atoms with Crippen molar-refractivity contribution in [3.8, 4) is 5.75 Å². The molecule has 1 N–H and O–H groups in total. The van der Waals surface area contributed by atoms with Crippen molar-refractivity contribution in [1.82, 2.24) is 15.1 Å². The molecule has 0 unspecified atom stereocenters. The van der Waals surface area contributed by atoms with Crippen LogP contribution in [0.4, 0.5) is 0 Å². The lowest BCUT2D eigenvalue weighted by molar-refractivity contribution is -0.126. The Morgan fingerprint density at radius 2 is 1.61 bits per heavy atom. The highest BCUT2D eigenvalue weighted by Crippen LogP contribution is 2.25. The molecule has 2 fully saturated rings. The molecule has 0 spiro atoms. The fourth-order valence-corrected chi connectivity index (χ4v) is 5.29. The zero-order valence-corrected chi connectivity index (χ0v) is 21.7. The third-order valence-corrected chi connectivity index (χ3v) is 7.59. The lowest BCUT2D eigenvalue weighted by Crippen LogP contribution is -2.50. The summed E-state index contributed by atoms with van der Waals surface area (Å²) in [4.78, 5) is 30.1. The van der Waals surface area contributed by atoms with Crippen molar-refractivity contribution in [2.75, 3.05) is 39.3 Å². The molecule has 194 valence electrons. The SMILES string of the molecule is CCCCOc1ccc(C(=O)N2CCC(N3CCC(C(=O)NCCc4ccccc4)CC3)CC2)cc1. The first-order valence-electron chi connectivity index (χ1n) is 13.7. The van der Waals surface area contributed by atoms with Gasteiger partial charge >= 0.3 is 0 Å². The smallest absolute Gasteiger partial charge is 0.253 e. The fraction of sp³-hybridized carbons (Fsp3) is 0.533. The van der Waals surface area contributed by atoms with Gasteiger partial charge in [-0.3, -0.25) is 9.59 Å². The number of hydrogen-bond acceptors (Lipinski definition) is 4. The van der Waals surface area contributed by atoms with Gasteiger partial charge in [-0.25, -0.2) is 0 Å². The molecule has 2 saturated heterocycles. The van der Waals surface area contributed by atoms with Gasteiger partial charge in [-0.15, -0.1) is 0 Å². The zero-order valence-electron chi connectivity index (χ0n) is 21.7. The number of hydrogen-bond donors (Lipinski definition) is 1. The molecular formula is C30H41N3O3. The maximum atomic E-state index is 13.0. The van der Waals surface area contributed by atoms with Crippen LogP contribution in [0.5, 0.6) is 5.75 Å². The van der Waals surface area contributed by atoms with Crippen LogP contribution in [0, 0.1) is 5.92 Å². The number of rotatable bonds is 10. The second-order valence-corrected chi connectivity index (χ2v) is 10.1. The van der Waals surface area contributed by atoms with Gasteiger partial charge in [0.15, 0.2) is 0 Å². The lowest BCUT2D eigenvalue weighted by atomic mass is 9.92. The number of piperidine rings is 2. The van der Waals surface area contributed by atoms with Gasteiger partial charge < -0.3 is 19.9 Å². The summed E-state index contributed by atoms with van der Waals surface area (Å²) >= 11 is 0. The number of likely N-dealkylation sites (tertiary alicyclic amines) is 2. The molecule has 6 heteroatoms. The standard InChI is InChI=1S/C30H41N3O3/c1-2-3-23-36-28-11-9-26(10-12-28)30(35)33-21-16-27(17-22-33)32-19-14-25(15-20-32)29(34)31-18-13-24-7-5-4-6-8-24/h4-12,25,27H,2-3,13-23H2,1H3,(H,31,34). The highest BCUT2D eigenvalue weighted by atomic mass is 16.5.